The summed E-state index contributed by atoms with van der Waals surface area (Å²) in [5, 5.41) is 7.22. The van der Waals surface area contributed by atoms with Gasteiger partial charge in [-0.2, -0.15) is 8.61 Å². The zero-order valence-electron chi connectivity index (χ0n) is 35.3. The van der Waals surface area contributed by atoms with Gasteiger partial charge in [0.25, 0.3) is 0 Å². The summed E-state index contributed by atoms with van der Waals surface area (Å²) in [4.78, 5) is 14.1. The molecule has 0 spiro atoms. The Morgan fingerprint density at radius 3 is 1.30 bits per heavy atom. The van der Waals surface area contributed by atoms with Crippen LogP contribution in [0.2, 0.25) is 20.1 Å². The third-order valence-corrected chi connectivity index (χ3v) is 17.1. The molecule has 2 aliphatic heterocycles. The lowest BCUT2D eigenvalue weighted by molar-refractivity contribution is 0.340. The molecule has 4 aromatic carbocycles. The van der Waals surface area contributed by atoms with Gasteiger partial charge in [-0.3, -0.25) is 0 Å². The lowest BCUT2D eigenvalue weighted by atomic mass is 10.1. The molecule has 340 valence electrons. The third-order valence-electron chi connectivity index (χ3n) is 10.6. The Hall–Kier alpha value is -3.48. The largest absolute Gasteiger partial charge is 0.494 e. The Kier molecular flexibility index (Phi) is 16.6. The average molecular weight is 1020 g/mol. The van der Waals surface area contributed by atoms with Gasteiger partial charge in [0, 0.05) is 96.1 Å². The zero-order chi connectivity index (χ0) is 45.4. The molecule has 6 aromatic rings. The molecular formula is C45H48Cl4N6O5S4. The Balaban J connectivity index is 0.000000191. The molecule has 0 amide bonds. The summed E-state index contributed by atoms with van der Waals surface area (Å²) in [6, 6.07) is 25.6. The molecule has 0 atom stereocenters. The fourth-order valence-electron chi connectivity index (χ4n) is 7.34. The predicted molar refractivity (Wildman–Crippen MR) is 263 cm³/mol. The normalized spacial score (nSPS) is 15.2. The number of ether oxygens (including phenoxy) is 1. The molecule has 8 rings (SSSR count). The lowest BCUT2D eigenvalue weighted by Crippen LogP contribution is -2.48. The monoisotopic (exact) mass is 1020 g/mol. The Labute approximate surface area is 404 Å². The van der Waals surface area contributed by atoms with Gasteiger partial charge in [-0.1, -0.05) is 96.1 Å². The zero-order valence-corrected chi connectivity index (χ0v) is 41.6. The van der Waals surface area contributed by atoms with Crippen LogP contribution in [0.4, 0.5) is 10.3 Å². The first-order valence-electron chi connectivity index (χ1n) is 20.8. The van der Waals surface area contributed by atoms with Crippen molar-refractivity contribution in [1.82, 2.24) is 18.6 Å². The second kappa shape index (κ2) is 21.9. The first kappa shape index (κ1) is 48.5. The maximum atomic E-state index is 13.0. The summed E-state index contributed by atoms with van der Waals surface area (Å²) in [5.74, 6) is 0.864. The molecule has 64 heavy (non-hydrogen) atoms. The highest BCUT2D eigenvalue weighted by Crippen LogP contribution is 2.30. The Morgan fingerprint density at radius 2 is 0.922 bits per heavy atom. The summed E-state index contributed by atoms with van der Waals surface area (Å²) in [6.07, 6.45) is 3.79. The number of sulfonamides is 2. The van der Waals surface area contributed by atoms with Crippen LogP contribution in [0.5, 0.6) is 5.75 Å². The average Bonchev–Trinajstić information content (AvgIpc) is 3.95. The molecule has 0 aliphatic carbocycles. The van der Waals surface area contributed by atoms with E-state index in [2.05, 4.69) is 63.9 Å². The van der Waals surface area contributed by atoms with Crippen molar-refractivity contribution in [2.24, 2.45) is 0 Å². The Morgan fingerprint density at radius 1 is 0.547 bits per heavy atom. The van der Waals surface area contributed by atoms with Crippen LogP contribution in [0.1, 0.15) is 48.3 Å². The van der Waals surface area contributed by atoms with Crippen LogP contribution < -0.4 is 14.5 Å². The molecule has 4 heterocycles. The molecule has 2 fully saturated rings. The summed E-state index contributed by atoms with van der Waals surface area (Å²) in [6.45, 7) is 8.66. The molecule has 2 aliphatic rings. The number of rotatable bonds is 14. The standard InChI is InChI=1S/C23H25Cl2N3O2S2.C22H23Cl2N3O3S2/c1-2-3-17-4-6-18(7-5-17)12-21-16-31-23(26-21)27-8-10-28(11-9-27)32(29,30)22-14-19(24)13-20(25)15-22;1-2-30-20-5-3-16(4-6-20)11-19-15-31-22(25-19)26-7-9-27(10-8-26)32(28,29)21-13-17(23)12-18(24)14-21/h4-7,13-16H,2-3,8-12H2,1H3;3-6,12-15H,2,7-11H2,1H3. The second-order valence-corrected chi connectivity index (χ2v) is 22.5. The molecule has 0 saturated carbocycles. The number of piperazine rings is 2. The van der Waals surface area contributed by atoms with Crippen molar-refractivity contribution in [2.45, 2.75) is 49.3 Å². The number of benzene rings is 4. The van der Waals surface area contributed by atoms with E-state index in [0.29, 0.717) is 79.1 Å². The van der Waals surface area contributed by atoms with E-state index < -0.39 is 20.0 Å². The number of thiazole rings is 2. The van der Waals surface area contributed by atoms with Gasteiger partial charge < -0.3 is 14.5 Å². The second-order valence-electron chi connectivity index (χ2n) is 15.2. The molecule has 11 nitrogen and oxygen atoms in total. The third kappa shape index (κ3) is 12.5. The van der Waals surface area contributed by atoms with Gasteiger partial charge in [-0.05, 0) is 78.6 Å². The summed E-state index contributed by atoms with van der Waals surface area (Å²) in [7, 11) is -7.28. The number of aryl methyl sites for hydroxylation is 1. The van der Waals surface area contributed by atoms with E-state index in [1.165, 1.54) is 61.7 Å². The van der Waals surface area contributed by atoms with E-state index in [9.17, 15) is 16.8 Å². The van der Waals surface area contributed by atoms with Crippen molar-refractivity contribution in [3.63, 3.8) is 0 Å². The van der Waals surface area contributed by atoms with Crippen molar-refractivity contribution in [3.05, 3.63) is 144 Å². The predicted octanol–water partition coefficient (Wildman–Crippen LogP) is 10.5. The lowest BCUT2D eigenvalue weighted by Gasteiger charge is -2.33. The van der Waals surface area contributed by atoms with Crippen molar-refractivity contribution in [3.8, 4) is 5.75 Å². The number of nitrogens with zero attached hydrogens (tertiary/aromatic N) is 6. The molecule has 0 N–H and O–H groups in total. The van der Waals surface area contributed by atoms with Gasteiger partial charge in [-0.15, -0.1) is 22.7 Å². The first-order chi connectivity index (χ1) is 30.7. The van der Waals surface area contributed by atoms with Crippen molar-refractivity contribution in [1.29, 1.82) is 0 Å². The van der Waals surface area contributed by atoms with E-state index >= 15 is 0 Å². The van der Waals surface area contributed by atoms with Crippen LogP contribution in [0, 0.1) is 0 Å². The van der Waals surface area contributed by atoms with Gasteiger partial charge in [0.1, 0.15) is 5.75 Å². The highest BCUT2D eigenvalue weighted by Gasteiger charge is 2.31. The number of aromatic nitrogens is 2. The van der Waals surface area contributed by atoms with Crippen LogP contribution in [-0.2, 0) is 39.3 Å². The molecule has 0 unspecified atom stereocenters. The van der Waals surface area contributed by atoms with Gasteiger partial charge in [0.05, 0.1) is 27.8 Å². The quantitative estimate of drug-likeness (QED) is 0.105. The van der Waals surface area contributed by atoms with Crippen LogP contribution >= 0.6 is 69.1 Å². The fourth-order valence-corrected chi connectivity index (χ4v) is 13.4. The van der Waals surface area contributed by atoms with Gasteiger partial charge >= 0.3 is 0 Å². The number of halogens is 4. The number of anilines is 2. The Bertz CT molecular complexity index is 2490. The minimum Gasteiger partial charge on any atom is -0.494 e. The maximum Gasteiger partial charge on any atom is 0.243 e. The van der Waals surface area contributed by atoms with Crippen molar-refractivity contribution < 1.29 is 21.6 Å². The van der Waals surface area contributed by atoms with Crippen LogP contribution in [0.15, 0.2) is 105 Å². The minimum atomic E-state index is -3.65. The minimum absolute atomic E-state index is 0.121. The first-order valence-corrected chi connectivity index (χ1v) is 27.0. The van der Waals surface area contributed by atoms with E-state index in [1.807, 2.05) is 19.1 Å². The summed E-state index contributed by atoms with van der Waals surface area (Å²) in [5.41, 5.74) is 5.82. The van der Waals surface area contributed by atoms with Gasteiger partial charge in [0.2, 0.25) is 20.0 Å². The van der Waals surface area contributed by atoms with E-state index in [0.717, 1.165) is 53.1 Å². The highest BCUT2D eigenvalue weighted by atomic mass is 35.5. The molecule has 0 bridgehead atoms. The van der Waals surface area contributed by atoms with E-state index in [4.69, 9.17) is 61.1 Å². The summed E-state index contributed by atoms with van der Waals surface area (Å²) < 4.78 is 60.4. The molecule has 2 saturated heterocycles. The molecule has 19 heteroatoms. The molecular weight excluding hydrogens is 975 g/mol. The molecule has 2 aromatic heterocycles. The topological polar surface area (TPSA) is 116 Å². The maximum absolute atomic E-state index is 13.0. The molecule has 0 radical (unpaired) electrons. The van der Waals surface area contributed by atoms with Crippen LogP contribution in [-0.4, -0.2) is 94.4 Å². The van der Waals surface area contributed by atoms with Crippen LogP contribution in [0.3, 0.4) is 0 Å². The van der Waals surface area contributed by atoms with Crippen molar-refractivity contribution in [2.75, 3.05) is 68.8 Å². The van der Waals surface area contributed by atoms with E-state index in [1.54, 1.807) is 22.7 Å². The highest BCUT2D eigenvalue weighted by molar-refractivity contribution is 7.89. The van der Waals surface area contributed by atoms with Gasteiger partial charge in [-0.25, -0.2) is 26.8 Å². The number of hydrogen-bond donors (Lipinski definition) is 0. The van der Waals surface area contributed by atoms with E-state index in [-0.39, 0.29) is 9.79 Å². The van der Waals surface area contributed by atoms with Crippen molar-refractivity contribution >= 4 is 99.4 Å². The van der Waals surface area contributed by atoms with Crippen LogP contribution in [0.25, 0.3) is 0 Å². The summed E-state index contributed by atoms with van der Waals surface area (Å²) >= 11 is 27.2. The number of hydrogen-bond acceptors (Lipinski definition) is 11. The fraction of sp³-hybridized carbons (Fsp3) is 0.333. The smallest absolute Gasteiger partial charge is 0.243 e. The SMILES string of the molecule is CCCc1ccc(Cc2csc(N3CCN(S(=O)(=O)c4cc(Cl)cc(Cl)c4)CC3)n2)cc1.CCOc1ccc(Cc2csc(N3CCN(S(=O)(=O)c4cc(Cl)cc(Cl)c4)CC3)n2)cc1. The van der Waals surface area contributed by atoms with Gasteiger partial charge in [0.15, 0.2) is 10.3 Å².